The Morgan fingerprint density at radius 1 is 1.09 bits per heavy atom. The van der Waals surface area contributed by atoms with Crippen LogP contribution in [-0.2, 0) is 0 Å². The van der Waals surface area contributed by atoms with Crippen molar-refractivity contribution in [1.29, 1.82) is 0 Å². The summed E-state index contributed by atoms with van der Waals surface area (Å²) in [7, 11) is 0. The number of hydrogen-bond acceptors (Lipinski definition) is 2. The number of unbranched alkanes of at least 4 members (excludes halogenated alkanes) is 2. The van der Waals surface area contributed by atoms with Crippen LogP contribution in [0.15, 0.2) is 24.3 Å². The lowest BCUT2D eigenvalue weighted by molar-refractivity contribution is 0.486. The third-order valence-electron chi connectivity index (χ3n) is 3.30. The van der Waals surface area contributed by atoms with Crippen molar-refractivity contribution in [3.8, 4) is 0 Å². The molecule has 0 aromatic heterocycles. The molecule has 1 atom stereocenters. The summed E-state index contributed by atoms with van der Waals surface area (Å²) in [4.78, 5) is 0. The lowest BCUT2D eigenvalue weighted by Crippen LogP contribution is -2.48. The summed E-state index contributed by atoms with van der Waals surface area (Å²) in [6.45, 7) is 5.24. The predicted octanol–water partition coefficient (Wildman–Crippen LogP) is 3.71. The van der Waals surface area contributed by atoms with Gasteiger partial charge in [0.05, 0.1) is 0 Å². The molecule has 0 saturated heterocycles. The van der Waals surface area contributed by atoms with Crippen molar-refractivity contribution in [3.05, 3.63) is 30.1 Å². The predicted molar refractivity (Wildman–Crippen MR) is 103 cm³/mol. The van der Waals surface area contributed by atoms with E-state index in [1.54, 1.807) is 12.1 Å². The second-order valence-corrected chi connectivity index (χ2v) is 6.34. The Balaban J connectivity index is 2.17. The first-order valence-electron chi connectivity index (χ1n) is 7.87. The van der Waals surface area contributed by atoms with Gasteiger partial charge in [-0.2, -0.15) is 0 Å². The summed E-state index contributed by atoms with van der Waals surface area (Å²) in [5.41, 5.74) is 6.33. The molecule has 0 aliphatic carbocycles. The van der Waals surface area contributed by atoms with E-state index in [0.717, 1.165) is 6.54 Å². The van der Waals surface area contributed by atoms with E-state index in [4.69, 9.17) is 24.4 Å². The number of rotatable bonds is 7. The molecule has 0 heterocycles. The Morgan fingerprint density at radius 2 is 1.74 bits per heavy atom. The Hall–Kier alpha value is -1.47. The smallest absolute Gasteiger partial charge is 0.189 e. The maximum Gasteiger partial charge on any atom is 0.189 e. The van der Waals surface area contributed by atoms with Crippen molar-refractivity contribution in [2.45, 2.75) is 39.5 Å². The highest BCUT2D eigenvalue weighted by Gasteiger charge is 2.03. The third-order valence-corrected chi connectivity index (χ3v) is 3.75. The average Bonchev–Trinajstić information content (AvgIpc) is 2.53. The van der Waals surface area contributed by atoms with E-state index in [1.807, 2.05) is 0 Å². The fraction of sp³-hybridized carbons (Fsp3) is 0.500. The standard InChI is InChI=1S/C16H25FN4S2/c1-3-4-5-6-12(2)11-18-15(22)20-21-16(23)19-14-9-7-13(17)8-10-14/h7-10,12H,3-6,11H2,1-2H3,(H2,18,20,22)(H2,19,21,23)/t12-/m0/s1. The van der Waals surface area contributed by atoms with Gasteiger partial charge >= 0.3 is 0 Å². The van der Waals surface area contributed by atoms with Gasteiger partial charge in [0, 0.05) is 12.2 Å². The normalized spacial score (nSPS) is 11.4. The van der Waals surface area contributed by atoms with Crippen LogP contribution in [0.3, 0.4) is 0 Å². The molecule has 128 valence electrons. The highest BCUT2D eigenvalue weighted by Crippen LogP contribution is 2.08. The summed E-state index contributed by atoms with van der Waals surface area (Å²) < 4.78 is 12.8. The molecule has 0 fully saturated rings. The van der Waals surface area contributed by atoms with E-state index < -0.39 is 0 Å². The third kappa shape index (κ3) is 9.30. The van der Waals surface area contributed by atoms with Crippen molar-refractivity contribution in [3.63, 3.8) is 0 Å². The Bertz CT molecular complexity index is 493. The molecule has 1 aromatic rings. The monoisotopic (exact) mass is 356 g/mol. The molecule has 0 saturated carbocycles. The molecule has 23 heavy (non-hydrogen) atoms. The largest absolute Gasteiger partial charge is 0.361 e. The van der Waals surface area contributed by atoms with Gasteiger partial charge in [-0.25, -0.2) is 4.39 Å². The molecule has 0 bridgehead atoms. The number of anilines is 1. The van der Waals surface area contributed by atoms with Gasteiger partial charge in [-0.05, 0) is 61.0 Å². The van der Waals surface area contributed by atoms with Gasteiger partial charge in [0.2, 0.25) is 0 Å². The van der Waals surface area contributed by atoms with Crippen LogP contribution in [0.2, 0.25) is 0 Å². The minimum atomic E-state index is -0.286. The maximum atomic E-state index is 12.8. The van der Waals surface area contributed by atoms with Crippen molar-refractivity contribution in [2.75, 3.05) is 11.9 Å². The van der Waals surface area contributed by atoms with Gasteiger partial charge in [-0.15, -0.1) is 0 Å². The molecule has 1 rings (SSSR count). The zero-order chi connectivity index (χ0) is 17.1. The molecular weight excluding hydrogens is 331 g/mol. The highest BCUT2D eigenvalue weighted by molar-refractivity contribution is 7.80. The van der Waals surface area contributed by atoms with Crippen molar-refractivity contribution >= 4 is 40.3 Å². The second-order valence-electron chi connectivity index (χ2n) is 5.52. The van der Waals surface area contributed by atoms with Gasteiger partial charge in [0.15, 0.2) is 10.2 Å². The summed E-state index contributed by atoms with van der Waals surface area (Å²) in [5, 5.41) is 6.94. The Kier molecular flexibility index (Phi) is 9.47. The SMILES string of the molecule is CCCCC[C@H](C)CNC(=S)NNC(=S)Nc1ccc(F)cc1. The Morgan fingerprint density at radius 3 is 2.39 bits per heavy atom. The number of halogens is 1. The van der Waals surface area contributed by atoms with E-state index in [1.165, 1.54) is 37.8 Å². The van der Waals surface area contributed by atoms with E-state index in [-0.39, 0.29) is 5.82 Å². The lowest BCUT2D eigenvalue weighted by Gasteiger charge is -2.16. The number of benzene rings is 1. The molecule has 0 spiro atoms. The van der Waals surface area contributed by atoms with E-state index >= 15 is 0 Å². The van der Waals surface area contributed by atoms with Gasteiger partial charge in [-0.1, -0.05) is 33.1 Å². The zero-order valence-electron chi connectivity index (χ0n) is 13.6. The molecule has 0 amide bonds. The fourth-order valence-electron chi connectivity index (χ4n) is 1.97. The number of hydrazine groups is 1. The highest BCUT2D eigenvalue weighted by atomic mass is 32.1. The molecule has 0 unspecified atom stereocenters. The Labute approximate surface area is 148 Å². The van der Waals surface area contributed by atoms with Gasteiger partial charge in [0.25, 0.3) is 0 Å². The average molecular weight is 357 g/mol. The van der Waals surface area contributed by atoms with Crippen LogP contribution in [0.5, 0.6) is 0 Å². The summed E-state index contributed by atoms with van der Waals surface area (Å²) in [6, 6.07) is 5.95. The first kappa shape index (κ1) is 19.6. The topological polar surface area (TPSA) is 48.1 Å². The summed E-state index contributed by atoms with van der Waals surface area (Å²) >= 11 is 10.3. The van der Waals surface area contributed by atoms with Gasteiger partial charge < -0.3 is 10.6 Å². The molecule has 4 N–H and O–H groups in total. The molecule has 0 aliphatic rings. The molecule has 0 radical (unpaired) electrons. The summed E-state index contributed by atoms with van der Waals surface area (Å²) in [5.74, 6) is 0.288. The van der Waals surface area contributed by atoms with Crippen molar-refractivity contribution in [2.24, 2.45) is 5.92 Å². The summed E-state index contributed by atoms with van der Waals surface area (Å²) in [6.07, 6.45) is 4.96. The molecule has 4 nitrogen and oxygen atoms in total. The van der Waals surface area contributed by atoms with Gasteiger partial charge in [-0.3, -0.25) is 10.9 Å². The minimum absolute atomic E-state index is 0.286. The first-order chi connectivity index (χ1) is 11.0. The second kappa shape index (κ2) is 11.1. The molecule has 0 aliphatic heterocycles. The van der Waals surface area contributed by atoms with Crippen LogP contribution in [-0.4, -0.2) is 16.8 Å². The van der Waals surface area contributed by atoms with Crippen LogP contribution in [0.1, 0.15) is 39.5 Å². The number of nitrogens with one attached hydrogen (secondary N) is 4. The van der Waals surface area contributed by atoms with E-state index in [2.05, 4.69) is 35.3 Å². The molecule has 1 aromatic carbocycles. The minimum Gasteiger partial charge on any atom is -0.361 e. The molecular formula is C16H25FN4S2. The van der Waals surface area contributed by atoms with Crippen molar-refractivity contribution < 1.29 is 4.39 Å². The van der Waals surface area contributed by atoms with Crippen LogP contribution in [0.25, 0.3) is 0 Å². The zero-order valence-corrected chi connectivity index (χ0v) is 15.2. The number of thiocarbonyl (C=S) groups is 2. The fourth-order valence-corrected chi connectivity index (χ4v) is 2.27. The molecule has 7 heteroatoms. The number of hydrogen-bond donors (Lipinski definition) is 4. The van der Waals surface area contributed by atoms with Crippen LogP contribution < -0.4 is 21.5 Å². The van der Waals surface area contributed by atoms with Crippen molar-refractivity contribution in [1.82, 2.24) is 16.2 Å². The van der Waals surface area contributed by atoms with E-state index in [0.29, 0.717) is 21.8 Å². The van der Waals surface area contributed by atoms with Crippen LogP contribution in [0, 0.1) is 11.7 Å². The van der Waals surface area contributed by atoms with Crippen LogP contribution >= 0.6 is 24.4 Å². The van der Waals surface area contributed by atoms with Gasteiger partial charge in [0.1, 0.15) is 5.82 Å². The first-order valence-corrected chi connectivity index (χ1v) is 8.69. The lowest BCUT2D eigenvalue weighted by atomic mass is 10.0. The van der Waals surface area contributed by atoms with Crippen LogP contribution in [0.4, 0.5) is 10.1 Å². The maximum absolute atomic E-state index is 12.8. The van der Waals surface area contributed by atoms with E-state index in [9.17, 15) is 4.39 Å². The quantitative estimate of drug-likeness (QED) is 0.339.